The topological polar surface area (TPSA) is 77.6 Å². The maximum atomic E-state index is 5.80. The lowest BCUT2D eigenvalue weighted by atomic mass is 10.3. The molecular formula is C11H13N5S. The van der Waals surface area contributed by atoms with Gasteiger partial charge >= 0.3 is 0 Å². The quantitative estimate of drug-likeness (QED) is 0.645. The van der Waals surface area contributed by atoms with Crippen molar-refractivity contribution in [2.24, 2.45) is 0 Å². The van der Waals surface area contributed by atoms with Crippen LogP contribution in [0.25, 0.3) is 0 Å². The Balaban J connectivity index is 2.36. The standard InChI is InChI=1S/C11H13N5S/c1-6-4-5-13-11(14-6)17-10-7(2)9(12)15-8(3)16-10/h4-5H,1-3H3,(H2,12,15,16). The van der Waals surface area contributed by atoms with Gasteiger partial charge in [0.25, 0.3) is 0 Å². The molecule has 2 rings (SSSR count). The van der Waals surface area contributed by atoms with E-state index in [1.807, 2.05) is 26.8 Å². The highest BCUT2D eigenvalue weighted by Gasteiger charge is 2.09. The zero-order chi connectivity index (χ0) is 12.4. The van der Waals surface area contributed by atoms with Crippen LogP contribution in [0.1, 0.15) is 17.1 Å². The van der Waals surface area contributed by atoms with Gasteiger partial charge in [0.05, 0.1) is 0 Å². The van der Waals surface area contributed by atoms with Crippen molar-refractivity contribution in [2.75, 3.05) is 5.73 Å². The molecule has 0 aliphatic rings. The van der Waals surface area contributed by atoms with Crippen LogP contribution in [-0.2, 0) is 0 Å². The van der Waals surface area contributed by atoms with Crippen LogP contribution < -0.4 is 5.73 Å². The second-order valence-electron chi connectivity index (χ2n) is 3.67. The molecule has 0 aliphatic carbocycles. The molecule has 0 spiro atoms. The Bertz CT molecular complexity index is 556. The predicted molar refractivity (Wildman–Crippen MR) is 66.8 cm³/mol. The zero-order valence-corrected chi connectivity index (χ0v) is 10.7. The molecule has 0 aliphatic heterocycles. The fourth-order valence-corrected chi connectivity index (χ4v) is 2.20. The summed E-state index contributed by atoms with van der Waals surface area (Å²) < 4.78 is 0. The Labute approximate surface area is 104 Å². The fraction of sp³-hybridized carbons (Fsp3) is 0.273. The number of aryl methyl sites for hydroxylation is 2. The molecule has 0 aromatic carbocycles. The van der Waals surface area contributed by atoms with Gasteiger partial charge in [-0.2, -0.15) is 0 Å². The van der Waals surface area contributed by atoms with Crippen LogP contribution >= 0.6 is 11.8 Å². The van der Waals surface area contributed by atoms with Gasteiger partial charge in [-0.05, 0) is 38.6 Å². The lowest BCUT2D eigenvalue weighted by Gasteiger charge is -2.06. The molecule has 0 saturated heterocycles. The Morgan fingerprint density at radius 1 is 1.12 bits per heavy atom. The molecule has 2 aromatic heterocycles. The monoisotopic (exact) mass is 247 g/mol. The lowest BCUT2D eigenvalue weighted by molar-refractivity contribution is 0.909. The van der Waals surface area contributed by atoms with Crippen LogP contribution in [0.5, 0.6) is 0 Å². The van der Waals surface area contributed by atoms with E-state index in [4.69, 9.17) is 5.73 Å². The number of aromatic nitrogens is 4. The van der Waals surface area contributed by atoms with E-state index in [1.54, 1.807) is 6.20 Å². The Morgan fingerprint density at radius 3 is 2.59 bits per heavy atom. The van der Waals surface area contributed by atoms with Crippen molar-refractivity contribution in [1.29, 1.82) is 0 Å². The maximum Gasteiger partial charge on any atom is 0.194 e. The minimum Gasteiger partial charge on any atom is -0.383 e. The highest BCUT2D eigenvalue weighted by Crippen LogP contribution is 2.27. The highest BCUT2D eigenvalue weighted by molar-refractivity contribution is 7.99. The van der Waals surface area contributed by atoms with Crippen molar-refractivity contribution >= 4 is 17.6 Å². The fourth-order valence-electron chi connectivity index (χ4n) is 1.28. The molecule has 17 heavy (non-hydrogen) atoms. The van der Waals surface area contributed by atoms with Gasteiger partial charge in [-0.1, -0.05) is 0 Å². The van der Waals surface area contributed by atoms with Crippen molar-refractivity contribution in [3.05, 3.63) is 29.3 Å². The number of hydrogen-bond donors (Lipinski definition) is 1. The third kappa shape index (κ3) is 2.71. The first-order valence-electron chi connectivity index (χ1n) is 5.14. The summed E-state index contributed by atoms with van der Waals surface area (Å²) in [6, 6.07) is 1.86. The van der Waals surface area contributed by atoms with E-state index in [9.17, 15) is 0 Å². The maximum absolute atomic E-state index is 5.80. The van der Waals surface area contributed by atoms with Crippen LogP contribution in [0.15, 0.2) is 22.4 Å². The predicted octanol–water partition coefficient (Wildman–Crippen LogP) is 1.93. The Hall–Kier alpha value is -1.69. The average molecular weight is 247 g/mol. The largest absolute Gasteiger partial charge is 0.383 e. The van der Waals surface area contributed by atoms with Crippen molar-refractivity contribution in [1.82, 2.24) is 19.9 Å². The molecule has 2 N–H and O–H groups in total. The van der Waals surface area contributed by atoms with Crippen molar-refractivity contribution < 1.29 is 0 Å². The molecular weight excluding hydrogens is 234 g/mol. The molecule has 0 fully saturated rings. The van der Waals surface area contributed by atoms with Crippen LogP contribution in [0.2, 0.25) is 0 Å². The van der Waals surface area contributed by atoms with E-state index < -0.39 is 0 Å². The van der Waals surface area contributed by atoms with E-state index in [0.717, 1.165) is 16.3 Å². The molecule has 0 unspecified atom stereocenters. The summed E-state index contributed by atoms with van der Waals surface area (Å²) in [5.74, 6) is 1.16. The molecule has 0 saturated carbocycles. The van der Waals surface area contributed by atoms with Crippen LogP contribution in [0, 0.1) is 20.8 Å². The van der Waals surface area contributed by atoms with Gasteiger partial charge in [0.2, 0.25) is 0 Å². The SMILES string of the molecule is Cc1ccnc(Sc2nc(C)nc(N)c2C)n1. The first kappa shape index (κ1) is 11.8. The van der Waals surface area contributed by atoms with Gasteiger partial charge < -0.3 is 5.73 Å². The van der Waals surface area contributed by atoms with Gasteiger partial charge in [-0.3, -0.25) is 0 Å². The summed E-state index contributed by atoms with van der Waals surface area (Å²) >= 11 is 1.40. The van der Waals surface area contributed by atoms with E-state index >= 15 is 0 Å². The Kier molecular flexibility index (Phi) is 3.23. The molecule has 0 radical (unpaired) electrons. The van der Waals surface area contributed by atoms with Crippen molar-refractivity contribution in [3.63, 3.8) is 0 Å². The summed E-state index contributed by atoms with van der Waals surface area (Å²) in [7, 11) is 0. The normalized spacial score (nSPS) is 10.5. The van der Waals surface area contributed by atoms with Crippen molar-refractivity contribution in [3.8, 4) is 0 Å². The van der Waals surface area contributed by atoms with Crippen LogP contribution in [0.4, 0.5) is 5.82 Å². The van der Waals surface area contributed by atoms with Gasteiger partial charge in [0.15, 0.2) is 5.16 Å². The number of nitrogens with two attached hydrogens (primary N) is 1. The number of rotatable bonds is 2. The molecule has 0 bridgehead atoms. The lowest BCUT2D eigenvalue weighted by Crippen LogP contribution is -2.01. The van der Waals surface area contributed by atoms with E-state index in [2.05, 4.69) is 19.9 Å². The summed E-state index contributed by atoms with van der Waals surface area (Å²) in [5, 5.41) is 1.48. The van der Waals surface area contributed by atoms with Crippen molar-refractivity contribution in [2.45, 2.75) is 31.0 Å². The molecule has 0 amide bonds. The number of nitrogen functional groups attached to an aromatic ring is 1. The van der Waals surface area contributed by atoms with E-state index in [0.29, 0.717) is 16.8 Å². The van der Waals surface area contributed by atoms with Gasteiger partial charge in [0.1, 0.15) is 16.7 Å². The number of anilines is 1. The first-order valence-corrected chi connectivity index (χ1v) is 5.96. The van der Waals surface area contributed by atoms with E-state index in [1.165, 1.54) is 11.8 Å². The van der Waals surface area contributed by atoms with E-state index in [-0.39, 0.29) is 0 Å². The average Bonchev–Trinajstić information content (AvgIpc) is 2.25. The zero-order valence-electron chi connectivity index (χ0n) is 9.93. The molecule has 0 atom stereocenters. The van der Waals surface area contributed by atoms with Gasteiger partial charge in [0, 0.05) is 17.5 Å². The van der Waals surface area contributed by atoms with Crippen LogP contribution in [0.3, 0.4) is 0 Å². The minimum atomic E-state index is 0.507. The van der Waals surface area contributed by atoms with Gasteiger partial charge in [-0.15, -0.1) is 0 Å². The number of nitrogens with zero attached hydrogens (tertiary/aromatic N) is 4. The number of hydrogen-bond acceptors (Lipinski definition) is 6. The summed E-state index contributed by atoms with van der Waals surface area (Å²) in [4.78, 5) is 17.0. The third-order valence-electron chi connectivity index (χ3n) is 2.21. The molecule has 2 heterocycles. The molecule has 2 aromatic rings. The second-order valence-corrected chi connectivity index (χ2v) is 4.62. The van der Waals surface area contributed by atoms with Crippen LogP contribution in [-0.4, -0.2) is 19.9 Å². The first-order chi connectivity index (χ1) is 8.06. The molecule has 6 heteroatoms. The molecule has 5 nitrogen and oxygen atoms in total. The summed E-state index contributed by atoms with van der Waals surface area (Å²) in [5.41, 5.74) is 7.60. The molecule has 88 valence electrons. The minimum absolute atomic E-state index is 0.507. The van der Waals surface area contributed by atoms with Gasteiger partial charge in [-0.25, -0.2) is 19.9 Å². The summed E-state index contributed by atoms with van der Waals surface area (Å²) in [6.07, 6.45) is 1.73. The Morgan fingerprint density at radius 2 is 1.88 bits per heavy atom. The third-order valence-corrected chi connectivity index (χ3v) is 3.18. The second kappa shape index (κ2) is 4.67. The smallest absolute Gasteiger partial charge is 0.194 e. The summed E-state index contributed by atoms with van der Waals surface area (Å²) in [6.45, 7) is 5.64. The highest BCUT2D eigenvalue weighted by atomic mass is 32.2.